The van der Waals surface area contributed by atoms with Crippen molar-refractivity contribution in [2.24, 2.45) is 0 Å². The molecular formula is C13H17NO4Si. The number of carbonyl (C=O) groups excluding carboxylic acids is 1. The fourth-order valence-corrected chi connectivity index (χ4v) is 2.11. The number of benzene rings is 1. The first-order chi connectivity index (χ1) is 8.73. The molecule has 0 unspecified atom stereocenters. The molecule has 0 fully saturated rings. The van der Waals surface area contributed by atoms with Gasteiger partial charge in [0.25, 0.3) is 5.69 Å². The molecule has 0 saturated heterocycles. The van der Waals surface area contributed by atoms with Crippen molar-refractivity contribution in [1.29, 1.82) is 0 Å². The molecule has 0 aliphatic heterocycles. The van der Waals surface area contributed by atoms with Gasteiger partial charge in [0.15, 0.2) is 0 Å². The van der Waals surface area contributed by atoms with Crippen LogP contribution < -0.4 is 0 Å². The number of carbonyl (C=O) groups is 1. The van der Waals surface area contributed by atoms with Crippen LogP contribution in [0.4, 0.5) is 5.69 Å². The van der Waals surface area contributed by atoms with Crippen LogP contribution >= 0.6 is 0 Å². The Hall–Kier alpha value is -1.95. The Balaban J connectivity index is 3.25. The van der Waals surface area contributed by atoms with E-state index in [1.54, 1.807) is 6.07 Å². The zero-order valence-electron chi connectivity index (χ0n) is 11.5. The smallest absolute Gasteiger partial charge is 0.338 e. The summed E-state index contributed by atoms with van der Waals surface area (Å²) in [6.45, 7) is 6.46. The molecule has 0 heterocycles. The monoisotopic (exact) mass is 279 g/mol. The minimum atomic E-state index is -1.40. The Morgan fingerprint density at radius 3 is 2.42 bits per heavy atom. The third-order valence-electron chi connectivity index (χ3n) is 2.35. The molecule has 0 bridgehead atoms. The molecule has 0 radical (unpaired) electrons. The van der Waals surface area contributed by atoms with Crippen LogP contribution in [0.2, 0.25) is 19.6 Å². The average molecular weight is 279 g/mol. The number of hydrogen-bond donors (Lipinski definition) is 0. The maximum atomic E-state index is 11.5. The van der Waals surface area contributed by atoms with Gasteiger partial charge in [-0.05, 0) is 11.6 Å². The summed E-state index contributed by atoms with van der Waals surface area (Å²) in [5, 5.41) is 10.9. The van der Waals surface area contributed by atoms with E-state index < -0.39 is 19.0 Å². The lowest BCUT2D eigenvalue weighted by atomic mass is 10.1. The van der Waals surface area contributed by atoms with Gasteiger partial charge in [-0.1, -0.05) is 31.4 Å². The second-order valence-corrected chi connectivity index (χ2v) is 10.3. The van der Waals surface area contributed by atoms with Crippen molar-refractivity contribution in [2.75, 3.05) is 7.11 Å². The lowest BCUT2D eigenvalue weighted by Gasteiger charge is -2.08. The largest absolute Gasteiger partial charge is 0.465 e. The first-order valence-electron chi connectivity index (χ1n) is 5.80. The Morgan fingerprint density at radius 1 is 1.32 bits per heavy atom. The highest BCUT2D eigenvalue weighted by atomic mass is 28.3. The maximum absolute atomic E-state index is 11.5. The predicted octanol–water partition coefficient (Wildman–Crippen LogP) is 3.27. The Labute approximate surface area is 113 Å². The third kappa shape index (κ3) is 4.67. The van der Waals surface area contributed by atoms with Crippen molar-refractivity contribution in [2.45, 2.75) is 19.6 Å². The Kier molecular flexibility index (Phi) is 4.60. The van der Waals surface area contributed by atoms with E-state index in [0.717, 1.165) is 0 Å². The molecule has 0 spiro atoms. The molecule has 0 aliphatic carbocycles. The zero-order chi connectivity index (χ0) is 14.6. The number of hydrogen-bond acceptors (Lipinski definition) is 4. The van der Waals surface area contributed by atoms with Crippen molar-refractivity contribution in [3.63, 3.8) is 0 Å². The van der Waals surface area contributed by atoms with E-state index in [0.29, 0.717) is 5.56 Å². The molecule has 0 saturated carbocycles. The summed E-state index contributed by atoms with van der Waals surface area (Å²) in [7, 11) is -0.155. The zero-order valence-corrected chi connectivity index (χ0v) is 12.5. The number of methoxy groups -OCH3 is 1. The second-order valence-electron chi connectivity index (χ2n) is 5.26. The highest BCUT2D eigenvalue weighted by molar-refractivity contribution is 6.81. The first-order valence-corrected chi connectivity index (χ1v) is 9.38. The fourth-order valence-electron chi connectivity index (χ4n) is 1.42. The van der Waals surface area contributed by atoms with Crippen molar-refractivity contribution >= 4 is 25.8 Å². The molecule has 0 atom stereocenters. The summed E-state index contributed by atoms with van der Waals surface area (Å²) in [5.41, 5.74) is 2.77. The third-order valence-corrected chi connectivity index (χ3v) is 3.51. The highest BCUT2D eigenvalue weighted by Crippen LogP contribution is 2.20. The first kappa shape index (κ1) is 15.1. The van der Waals surface area contributed by atoms with Crippen LogP contribution in [-0.4, -0.2) is 26.1 Å². The highest BCUT2D eigenvalue weighted by Gasteiger charge is 2.14. The van der Waals surface area contributed by atoms with Gasteiger partial charge in [-0.25, -0.2) is 4.79 Å². The van der Waals surface area contributed by atoms with E-state index in [1.807, 2.05) is 6.08 Å². The molecule has 6 heteroatoms. The quantitative estimate of drug-likeness (QED) is 0.367. The van der Waals surface area contributed by atoms with E-state index >= 15 is 0 Å². The molecule has 1 aromatic rings. The van der Waals surface area contributed by atoms with E-state index in [4.69, 9.17) is 0 Å². The van der Waals surface area contributed by atoms with Crippen LogP contribution in [-0.2, 0) is 4.74 Å². The van der Waals surface area contributed by atoms with Crippen molar-refractivity contribution < 1.29 is 14.5 Å². The van der Waals surface area contributed by atoms with Crippen molar-refractivity contribution in [1.82, 2.24) is 0 Å². The van der Waals surface area contributed by atoms with Crippen molar-refractivity contribution in [3.8, 4) is 0 Å². The van der Waals surface area contributed by atoms with E-state index in [-0.39, 0.29) is 11.3 Å². The van der Waals surface area contributed by atoms with Gasteiger partial charge in [-0.15, -0.1) is 0 Å². The minimum absolute atomic E-state index is 0.113. The van der Waals surface area contributed by atoms with Crippen LogP contribution in [0.1, 0.15) is 15.9 Å². The molecule has 19 heavy (non-hydrogen) atoms. The summed E-state index contributed by atoms with van der Waals surface area (Å²) in [5.74, 6) is -0.577. The molecule has 102 valence electrons. The van der Waals surface area contributed by atoms with Gasteiger partial charge < -0.3 is 4.74 Å². The molecule has 1 aromatic carbocycles. The average Bonchev–Trinajstić information content (AvgIpc) is 2.34. The van der Waals surface area contributed by atoms with Crippen LogP contribution in [0.5, 0.6) is 0 Å². The number of ether oxygens (including phenoxy) is 1. The lowest BCUT2D eigenvalue weighted by molar-refractivity contribution is -0.384. The van der Waals surface area contributed by atoms with E-state index in [1.165, 1.54) is 19.2 Å². The van der Waals surface area contributed by atoms with Gasteiger partial charge in [0, 0.05) is 12.1 Å². The number of nitrogens with zero attached hydrogens (tertiary/aromatic N) is 1. The lowest BCUT2D eigenvalue weighted by Crippen LogP contribution is -2.15. The molecule has 0 aromatic heterocycles. The molecule has 0 amide bonds. The van der Waals surface area contributed by atoms with Crippen LogP contribution in [0.3, 0.4) is 0 Å². The van der Waals surface area contributed by atoms with Crippen LogP contribution in [0.15, 0.2) is 23.9 Å². The summed E-state index contributed by atoms with van der Waals surface area (Å²) in [6, 6.07) is 4.26. The molecule has 1 rings (SSSR count). The van der Waals surface area contributed by atoms with Gasteiger partial charge in [-0.2, -0.15) is 0 Å². The molecule has 0 aliphatic rings. The summed E-state index contributed by atoms with van der Waals surface area (Å²) < 4.78 is 4.59. The predicted molar refractivity (Wildman–Crippen MR) is 76.8 cm³/mol. The second kappa shape index (κ2) is 5.79. The fraction of sp³-hybridized carbons (Fsp3) is 0.308. The Bertz CT molecular complexity index is 532. The number of esters is 1. The SMILES string of the molecule is COC(=O)c1cc(/C=C/[Si](C)(C)C)cc([N+](=O)[O-])c1. The van der Waals surface area contributed by atoms with E-state index in [2.05, 4.69) is 30.1 Å². The number of nitro groups is 1. The topological polar surface area (TPSA) is 69.4 Å². The van der Waals surface area contributed by atoms with Crippen molar-refractivity contribution in [3.05, 3.63) is 45.1 Å². The van der Waals surface area contributed by atoms with Gasteiger partial charge in [0.2, 0.25) is 0 Å². The Morgan fingerprint density at radius 2 is 1.95 bits per heavy atom. The molecular weight excluding hydrogens is 262 g/mol. The molecule has 5 nitrogen and oxygen atoms in total. The van der Waals surface area contributed by atoms with Crippen LogP contribution in [0.25, 0.3) is 6.08 Å². The van der Waals surface area contributed by atoms with Gasteiger partial charge >= 0.3 is 5.97 Å². The summed E-state index contributed by atoms with van der Waals surface area (Å²) in [4.78, 5) is 21.8. The number of nitro benzene ring substituents is 1. The maximum Gasteiger partial charge on any atom is 0.338 e. The normalized spacial score (nSPS) is 11.6. The van der Waals surface area contributed by atoms with Gasteiger partial charge in [0.1, 0.15) is 0 Å². The van der Waals surface area contributed by atoms with Crippen LogP contribution in [0, 0.1) is 10.1 Å². The van der Waals surface area contributed by atoms with Gasteiger partial charge in [0.05, 0.1) is 25.7 Å². The number of non-ortho nitro benzene ring substituents is 1. The summed E-state index contributed by atoms with van der Waals surface area (Å²) >= 11 is 0. The van der Waals surface area contributed by atoms with Gasteiger partial charge in [-0.3, -0.25) is 10.1 Å². The van der Waals surface area contributed by atoms with E-state index in [9.17, 15) is 14.9 Å². The molecule has 0 N–H and O–H groups in total. The standard InChI is InChI=1S/C13H17NO4Si/c1-18-13(15)11-7-10(5-6-19(2,3)4)8-12(9-11)14(16)17/h5-9H,1-4H3/b6-5+. The minimum Gasteiger partial charge on any atom is -0.465 e. The summed E-state index contributed by atoms with van der Waals surface area (Å²) in [6.07, 6.45) is 1.83. The number of rotatable bonds is 4.